The van der Waals surface area contributed by atoms with Crippen LogP contribution in [0.25, 0.3) is 0 Å². The van der Waals surface area contributed by atoms with E-state index >= 15 is 0 Å². The average Bonchev–Trinajstić information content (AvgIpc) is 2.78. The predicted octanol–water partition coefficient (Wildman–Crippen LogP) is 2.70. The van der Waals surface area contributed by atoms with Crippen molar-refractivity contribution in [3.8, 4) is 17.2 Å². The first-order valence-corrected chi connectivity index (χ1v) is 9.26. The number of anilines is 1. The van der Waals surface area contributed by atoms with E-state index in [1.807, 2.05) is 0 Å². The summed E-state index contributed by atoms with van der Waals surface area (Å²) in [7, 11) is 4.68. The zero-order valence-corrected chi connectivity index (χ0v) is 16.8. The Morgan fingerprint density at radius 2 is 1.38 bits per heavy atom. The zero-order chi connectivity index (χ0) is 20.8. The van der Waals surface area contributed by atoms with Crippen molar-refractivity contribution in [1.82, 2.24) is 9.80 Å². The summed E-state index contributed by atoms with van der Waals surface area (Å²) in [5, 5.41) is 2.86. The third-order valence-corrected chi connectivity index (χ3v) is 4.77. The molecule has 8 nitrogen and oxygen atoms in total. The maximum atomic E-state index is 12.7. The highest BCUT2D eigenvalue weighted by Gasteiger charge is 2.25. The maximum Gasteiger partial charge on any atom is 0.321 e. The minimum atomic E-state index is -0.228. The van der Waals surface area contributed by atoms with Gasteiger partial charge in [-0.2, -0.15) is 0 Å². The molecule has 1 saturated heterocycles. The number of carbonyl (C=O) groups is 2. The molecule has 2 aromatic carbocycles. The van der Waals surface area contributed by atoms with E-state index in [0.29, 0.717) is 54.7 Å². The summed E-state index contributed by atoms with van der Waals surface area (Å²) in [4.78, 5) is 28.7. The van der Waals surface area contributed by atoms with Crippen molar-refractivity contribution in [3.63, 3.8) is 0 Å². The predicted molar refractivity (Wildman–Crippen MR) is 109 cm³/mol. The van der Waals surface area contributed by atoms with Gasteiger partial charge in [0.15, 0.2) is 0 Å². The van der Waals surface area contributed by atoms with Crippen molar-refractivity contribution < 1.29 is 23.8 Å². The van der Waals surface area contributed by atoms with Crippen molar-refractivity contribution in [3.05, 3.63) is 48.0 Å². The molecule has 0 unspecified atom stereocenters. The number of hydrogen-bond donors (Lipinski definition) is 1. The molecule has 3 rings (SSSR count). The minimum Gasteiger partial charge on any atom is -0.497 e. The largest absolute Gasteiger partial charge is 0.497 e. The summed E-state index contributed by atoms with van der Waals surface area (Å²) in [6.07, 6.45) is 0. The molecule has 1 fully saturated rings. The fourth-order valence-electron chi connectivity index (χ4n) is 3.13. The summed E-state index contributed by atoms with van der Waals surface area (Å²) < 4.78 is 15.6. The van der Waals surface area contributed by atoms with Gasteiger partial charge in [0.1, 0.15) is 17.2 Å². The van der Waals surface area contributed by atoms with Crippen LogP contribution in [-0.4, -0.2) is 69.2 Å². The lowest BCUT2D eigenvalue weighted by molar-refractivity contribution is 0.0671. The lowest BCUT2D eigenvalue weighted by atomic mass is 10.1. The molecule has 0 bridgehead atoms. The van der Waals surface area contributed by atoms with Gasteiger partial charge in [-0.05, 0) is 18.2 Å². The van der Waals surface area contributed by atoms with Crippen molar-refractivity contribution in [1.29, 1.82) is 0 Å². The molecular formula is C21H25N3O5. The third-order valence-electron chi connectivity index (χ3n) is 4.77. The smallest absolute Gasteiger partial charge is 0.321 e. The van der Waals surface area contributed by atoms with Crippen LogP contribution in [0, 0.1) is 0 Å². The van der Waals surface area contributed by atoms with Crippen LogP contribution >= 0.6 is 0 Å². The molecule has 0 spiro atoms. The first-order valence-electron chi connectivity index (χ1n) is 9.26. The number of rotatable bonds is 5. The lowest BCUT2D eigenvalue weighted by Crippen LogP contribution is -2.51. The number of nitrogens with zero attached hydrogens (tertiary/aromatic N) is 2. The average molecular weight is 399 g/mol. The molecule has 3 amide bonds. The molecule has 8 heteroatoms. The number of hydrogen-bond acceptors (Lipinski definition) is 5. The molecule has 0 aromatic heterocycles. The Bertz CT molecular complexity index is 856. The molecule has 1 aliphatic heterocycles. The Labute approximate surface area is 170 Å². The van der Waals surface area contributed by atoms with Gasteiger partial charge in [0.2, 0.25) is 0 Å². The van der Waals surface area contributed by atoms with Gasteiger partial charge in [-0.3, -0.25) is 4.79 Å². The van der Waals surface area contributed by atoms with E-state index in [-0.39, 0.29) is 11.9 Å². The van der Waals surface area contributed by atoms with E-state index in [1.165, 1.54) is 0 Å². The molecule has 2 aromatic rings. The fraction of sp³-hybridized carbons (Fsp3) is 0.333. The van der Waals surface area contributed by atoms with Gasteiger partial charge in [-0.25, -0.2) is 4.79 Å². The number of methoxy groups -OCH3 is 3. The molecule has 29 heavy (non-hydrogen) atoms. The van der Waals surface area contributed by atoms with E-state index < -0.39 is 0 Å². The molecule has 0 saturated carbocycles. The summed E-state index contributed by atoms with van der Waals surface area (Å²) in [5.74, 6) is 1.76. The van der Waals surface area contributed by atoms with Gasteiger partial charge in [-0.1, -0.05) is 6.07 Å². The van der Waals surface area contributed by atoms with E-state index in [0.717, 1.165) is 0 Å². The highest BCUT2D eigenvalue weighted by Crippen LogP contribution is 2.26. The third kappa shape index (κ3) is 4.90. The quantitative estimate of drug-likeness (QED) is 0.836. The van der Waals surface area contributed by atoms with Gasteiger partial charge < -0.3 is 29.3 Å². The Morgan fingerprint density at radius 3 is 1.97 bits per heavy atom. The van der Waals surface area contributed by atoms with Crippen LogP contribution in [0.3, 0.4) is 0 Å². The standard InChI is InChI=1S/C21H25N3O5/c1-27-17-6-4-5-15(11-17)20(25)23-7-9-24(10-8-23)21(26)22-16-12-18(28-2)14-19(13-16)29-3/h4-6,11-14H,7-10H2,1-3H3,(H,22,26). The molecule has 154 valence electrons. The normalized spacial score (nSPS) is 13.6. The zero-order valence-electron chi connectivity index (χ0n) is 16.8. The first-order chi connectivity index (χ1) is 14.0. The second-order valence-corrected chi connectivity index (χ2v) is 6.54. The second kappa shape index (κ2) is 9.18. The van der Waals surface area contributed by atoms with E-state index in [4.69, 9.17) is 14.2 Å². The Morgan fingerprint density at radius 1 is 0.793 bits per heavy atom. The van der Waals surface area contributed by atoms with Gasteiger partial charge in [0, 0.05) is 55.6 Å². The summed E-state index contributed by atoms with van der Waals surface area (Å²) in [6.45, 7) is 1.82. The number of urea groups is 1. The molecule has 0 radical (unpaired) electrons. The van der Waals surface area contributed by atoms with Gasteiger partial charge >= 0.3 is 6.03 Å². The van der Waals surface area contributed by atoms with Crippen LogP contribution in [-0.2, 0) is 0 Å². The summed E-state index contributed by atoms with van der Waals surface area (Å²) in [5.41, 5.74) is 1.16. The number of ether oxygens (including phenoxy) is 3. The van der Waals surface area contributed by atoms with E-state index in [2.05, 4.69) is 5.32 Å². The van der Waals surface area contributed by atoms with Crippen LogP contribution in [0.1, 0.15) is 10.4 Å². The molecule has 0 atom stereocenters. The molecule has 1 aliphatic rings. The Kier molecular flexibility index (Phi) is 6.43. The molecule has 0 aliphatic carbocycles. The van der Waals surface area contributed by atoms with Crippen molar-refractivity contribution in [2.45, 2.75) is 0 Å². The van der Waals surface area contributed by atoms with Crippen LogP contribution < -0.4 is 19.5 Å². The summed E-state index contributed by atoms with van der Waals surface area (Å²) >= 11 is 0. The van der Waals surface area contributed by atoms with Crippen molar-refractivity contribution in [2.24, 2.45) is 0 Å². The number of piperazine rings is 1. The van der Waals surface area contributed by atoms with Crippen LogP contribution in [0.2, 0.25) is 0 Å². The van der Waals surface area contributed by atoms with Crippen molar-refractivity contribution >= 4 is 17.6 Å². The van der Waals surface area contributed by atoms with Crippen molar-refractivity contribution in [2.75, 3.05) is 52.8 Å². The highest BCUT2D eigenvalue weighted by atomic mass is 16.5. The number of amides is 3. The van der Waals surface area contributed by atoms with Gasteiger partial charge in [0.25, 0.3) is 5.91 Å². The van der Waals surface area contributed by atoms with Crippen LogP contribution in [0.5, 0.6) is 17.2 Å². The van der Waals surface area contributed by atoms with E-state index in [9.17, 15) is 9.59 Å². The highest BCUT2D eigenvalue weighted by molar-refractivity contribution is 5.95. The maximum absolute atomic E-state index is 12.7. The first kappa shape index (κ1) is 20.3. The number of carbonyl (C=O) groups excluding carboxylic acids is 2. The Hall–Kier alpha value is -3.42. The topological polar surface area (TPSA) is 80.3 Å². The van der Waals surface area contributed by atoms with Crippen LogP contribution in [0.4, 0.5) is 10.5 Å². The monoisotopic (exact) mass is 399 g/mol. The fourth-order valence-corrected chi connectivity index (χ4v) is 3.13. The number of nitrogens with one attached hydrogen (secondary N) is 1. The molecular weight excluding hydrogens is 374 g/mol. The molecule has 1 heterocycles. The minimum absolute atomic E-state index is 0.0681. The summed E-state index contributed by atoms with van der Waals surface area (Å²) in [6, 6.07) is 12.0. The Balaban J connectivity index is 1.59. The van der Waals surface area contributed by atoms with Crippen LogP contribution in [0.15, 0.2) is 42.5 Å². The van der Waals surface area contributed by atoms with Gasteiger partial charge in [0.05, 0.1) is 21.3 Å². The lowest BCUT2D eigenvalue weighted by Gasteiger charge is -2.34. The van der Waals surface area contributed by atoms with E-state index in [1.54, 1.807) is 73.6 Å². The second-order valence-electron chi connectivity index (χ2n) is 6.54. The molecule has 1 N–H and O–H groups in total. The van der Waals surface area contributed by atoms with Gasteiger partial charge in [-0.15, -0.1) is 0 Å². The number of benzene rings is 2. The SMILES string of the molecule is COc1cc(NC(=O)N2CCN(C(=O)c3cccc(OC)c3)CC2)cc(OC)c1.